The first-order valence-electron chi connectivity index (χ1n) is 14.0. The first-order valence-corrected chi connectivity index (χ1v) is 14.8. The van der Waals surface area contributed by atoms with Crippen LogP contribution in [0.1, 0.15) is 62.0 Å². The van der Waals surface area contributed by atoms with Gasteiger partial charge in [0, 0.05) is 0 Å². The predicted octanol–water partition coefficient (Wildman–Crippen LogP) is 7.20. The van der Waals surface area contributed by atoms with Gasteiger partial charge >= 0.3 is 0 Å². The fourth-order valence-corrected chi connectivity index (χ4v) is 5.80. The van der Waals surface area contributed by atoms with Crippen LogP contribution >= 0.6 is 11.3 Å². The molecule has 0 radical (unpaired) electrons. The molecule has 220 valence electrons. The summed E-state index contributed by atoms with van der Waals surface area (Å²) in [5.74, 6) is 0.789. The number of carbonyl (C=O) groups excluding carboxylic acids is 2. The topological polar surface area (TPSA) is 111 Å². The maximum atomic E-state index is 13.8. The molecule has 0 bridgehead atoms. The normalized spacial score (nSPS) is 15.2. The van der Waals surface area contributed by atoms with Gasteiger partial charge in [-0.05, 0) is 81.1 Å². The van der Waals surface area contributed by atoms with E-state index in [0.717, 1.165) is 11.1 Å². The average Bonchev–Trinajstić information content (AvgIpc) is 3.65. The molecule has 10 heteroatoms. The molecule has 0 aliphatic carbocycles. The van der Waals surface area contributed by atoms with Gasteiger partial charge < -0.3 is 23.7 Å². The van der Waals surface area contributed by atoms with Crippen molar-refractivity contribution < 1.29 is 33.3 Å². The molecule has 0 spiro atoms. The number of amides is 1. The number of aliphatic hydroxyl groups is 1. The third-order valence-corrected chi connectivity index (χ3v) is 7.84. The number of benzene rings is 2. The number of ketones is 1. The van der Waals surface area contributed by atoms with Crippen LogP contribution in [-0.4, -0.2) is 41.6 Å². The van der Waals surface area contributed by atoms with Crippen LogP contribution in [-0.2, 0) is 4.79 Å². The number of furan rings is 1. The van der Waals surface area contributed by atoms with Crippen molar-refractivity contribution in [2.24, 2.45) is 5.92 Å². The minimum atomic E-state index is -0.994. The highest BCUT2D eigenvalue weighted by Gasteiger charge is 2.46. The Morgan fingerprint density at radius 2 is 1.83 bits per heavy atom. The molecule has 4 aromatic rings. The molecule has 2 aromatic carbocycles. The zero-order valence-electron chi connectivity index (χ0n) is 24.3. The molecule has 1 unspecified atom stereocenters. The van der Waals surface area contributed by atoms with Crippen molar-refractivity contribution in [1.82, 2.24) is 4.98 Å². The van der Waals surface area contributed by atoms with Gasteiger partial charge in [-0.25, -0.2) is 4.98 Å². The van der Waals surface area contributed by atoms with E-state index in [-0.39, 0.29) is 11.3 Å². The van der Waals surface area contributed by atoms with E-state index in [9.17, 15) is 14.7 Å². The lowest BCUT2D eigenvalue weighted by atomic mass is 9.95. The van der Waals surface area contributed by atoms with Crippen molar-refractivity contribution in [2.45, 2.75) is 47.1 Å². The number of fused-ring (bicyclic) bond motifs is 1. The molecular formula is C32H34N2O7S. The maximum Gasteiger partial charge on any atom is 0.296 e. The third-order valence-electron chi connectivity index (χ3n) is 6.82. The van der Waals surface area contributed by atoms with Crippen molar-refractivity contribution >= 4 is 38.4 Å². The number of aryl methyl sites for hydroxylation is 1. The van der Waals surface area contributed by atoms with Gasteiger partial charge in [0.05, 0.1) is 41.7 Å². The van der Waals surface area contributed by atoms with Crippen molar-refractivity contribution in [3.05, 3.63) is 76.9 Å². The molecule has 0 saturated carbocycles. The average molecular weight is 591 g/mol. The van der Waals surface area contributed by atoms with Gasteiger partial charge in [0.1, 0.15) is 11.5 Å². The largest absolute Gasteiger partial charge is 0.503 e. The van der Waals surface area contributed by atoms with E-state index in [4.69, 9.17) is 23.6 Å². The number of nitrogens with zero attached hydrogens (tertiary/aromatic N) is 2. The third kappa shape index (κ3) is 5.72. The van der Waals surface area contributed by atoms with Crippen LogP contribution in [0.3, 0.4) is 0 Å². The Bertz CT molecular complexity index is 1650. The molecule has 3 heterocycles. The van der Waals surface area contributed by atoms with Crippen molar-refractivity contribution in [1.29, 1.82) is 0 Å². The Balaban J connectivity index is 1.62. The molecule has 1 atom stereocenters. The number of hydrogen-bond acceptors (Lipinski definition) is 9. The minimum Gasteiger partial charge on any atom is -0.503 e. The summed E-state index contributed by atoms with van der Waals surface area (Å²) in [5, 5.41) is 11.5. The highest BCUT2D eigenvalue weighted by Crippen LogP contribution is 2.46. The lowest BCUT2D eigenvalue weighted by Crippen LogP contribution is -2.31. The highest BCUT2D eigenvalue weighted by atomic mass is 32.1. The van der Waals surface area contributed by atoms with Crippen molar-refractivity contribution in [2.75, 3.05) is 24.7 Å². The Morgan fingerprint density at radius 3 is 2.52 bits per heavy atom. The Morgan fingerprint density at radius 1 is 1.05 bits per heavy atom. The summed E-state index contributed by atoms with van der Waals surface area (Å²) in [6.07, 6.45) is 0.874. The van der Waals surface area contributed by atoms with Gasteiger partial charge in [-0.3, -0.25) is 14.5 Å². The number of rotatable bonds is 12. The molecular weight excluding hydrogens is 556 g/mol. The molecule has 2 aromatic heterocycles. The van der Waals surface area contributed by atoms with E-state index < -0.39 is 23.5 Å². The molecule has 1 amide bonds. The van der Waals surface area contributed by atoms with E-state index in [1.54, 1.807) is 31.2 Å². The molecule has 1 N–H and O–H groups in total. The van der Waals surface area contributed by atoms with Crippen LogP contribution in [0.4, 0.5) is 5.13 Å². The molecule has 1 aliphatic heterocycles. The molecule has 42 heavy (non-hydrogen) atoms. The first-order chi connectivity index (χ1) is 20.2. The highest BCUT2D eigenvalue weighted by molar-refractivity contribution is 7.22. The van der Waals surface area contributed by atoms with Crippen LogP contribution in [0, 0.1) is 12.8 Å². The first kappa shape index (κ1) is 29.2. The maximum absolute atomic E-state index is 13.8. The quantitative estimate of drug-likeness (QED) is 0.172. The van der Waals surface area contributed by atoms with Gasteiger partial charge in [0.2, 0.25) is 5.78 Å². The molecule has 1 aliphatic rings. The zero-order valence-corrected chi connectivity index (χ0v) is 25.1. The number of ether oxygens (including phenoxy) is 3. The second-order valence-electron chi connectivity index (χ2n) is 10.3. The second-order valence-corrected chi connectivity index (χ2v) is 11.3. The number of thiazole rings is 1. The standard InChI is InChI=1S/C32H34N2O7S/c1-6-38-21-10-11-22-26(17-21)42-32(33-22)34-28(27(30(36)31(34)37)29(35)24-12-8-19(5)41-24)20-9-13-23(25(16-20)39-7-2)40-15-14-18(3)4/h8-13,16-18,28,36H,6-7,14-15H2,1-5H3. The Labute approximate surface area is 248 Å². The predicted molar refractivity (Wildman–Crippen MR) is 161 cm³/mol. The monoisotopic (exact) mass is 590 g/mol. The van der Waals surface area contributed by atoms with Crippen LogP contribution in [0.2, 0.25) is 0 Å². The van der Waals surface area contributed by atoms with Gasteiger partial charge in [0.15, 0.2) is 28.1 Å². The van der Waals surface area contributed by atoms with Crippen molar-refractivity contribution in [3.63, 3.8) is 0 Å². The minimum absolute atomic E-state index is 0.0260. The van der Waals surface area contributed by atoms with Gasteiger partial charge in [-0.1, -0.05) is 31.3 Å². The summed E-state index contributed by atoms with van der Waals surface area (Å²) in [6, 6.07) is 13.0. The number of carbonyl (C=O) groups is 2. The summed E-state index contributed by atoms with van der Waals surface area (Å²) >= 11 is 1.27. The summed E-state index contributed by atoms with van der Waals surface area (Å²) in [7, 11) is 0. The number of Topliss-reactive ketones (excluding diaryl/α,β-unsaturated/α-hetero) is 1. The van der Waals surface area contributed by atoms with E-state index >= 15 is 0 Å². The van der Waals surface area contributed by atoms with Gasteiger partial charge in [-0.2, -0.15) is 0 Å². The number of hydrogen-bond donors (Lipinski definition) is 1. The fourth-order valence-electron chi connectivity index (χ4n) is 4.78. The van der Waals surface area contributed by atoms with Gasteiger partial charge in [-0.15, -0.1) is 0 Å². The van der Waals surface area contributed by atoms with Crippen LogP contribution < -0.4 is 19.1 Å². The summed E-state index contributed by atoms with van der Waals surface area (Å²) in [4.78, 5) is 33.5. The molecule has 0 saturated heterocycles. The molecule has 0 fully saturated rings. The van der Waals surface area contributed by atoms with E-state index in [1.165, 1.54) is 22.3 Å². The lowest BCUT2D eigenvalue weighted by molar-refractivity contribution is -0.117. The second kappa shape index (κ2) is 12.3. The van der Waals surface area contributed by atoms with Crippen LogP contribution in [0.5, 0.6) is 17.2 Å². The van der Waals surface area contributed by atoms with E-state index in [0.29, 0.717) is 65.0 Å². The van der Waals surface area contributed by atoms with Crippen LogP contribution in [0.15, 0.2) is 64.3 Å². The Hall–Kier alpha value is -4.31. The van der Waals surface area contributed by atoms with Crippen molar-refractivity contribution in [3.8, 4) is 17.2 Å². The van der Waals surface area contributed by atoms with Gasteiger partial charge in [0.25, 0.3) is 5.91 Å². The Kier molecular flexibility index (Phi) is 8.54. The number of aromatic nitrogens is 1. The smallest absolute Gasteiger partial charge is 0.296 e. The molecule has 9 nitrogen and oxygen atoms in total. The van der Waals surface area contributed by atoms with Crippen LogP contribution in [0.25, 0.3) is 10.2 Å². The van der Waals surface area contributed by atoms with E-state index in [2.05, 4.69) is 13.8 Å². The summed E-state index contributed by atoms with van der Waals surface area (Å²) in [6.45, 7) is 11.2. The number of aliphatic hydroxyl groups excluding tert-OH is 1. The molecule has 5 rings (SSSR count). The summed E-state index contributed by atoms with van der Waals surface area (Å²) in [5.41, 5.74) is 1.11. The van der Waals surface area contributed by atoms with E-state index in [1.807, 2.05) is 32.0 Å². The fraction of sp³-hybridized carbons (Fsp3) is 0.344. The number of anilines is 1. The zero-order chi connectivity index (χ0) is 30.0. The lowest BCUT2D eigenvalue weighted by Gasteiger charge is -2.25. The summed E-state index contributed by atoms with van der Waals surface area (Å²) < 4.78 is 24.0. The SMILES string of the molecule is CCOc1ccc2nc(N3C(=O)C(O)=C(C(=O)c4ccc(C)o4)C3c3ccc(OCCC(C)C)c(OCC)c3)sc2c1.